The molecule has 1 saturated heterocycles. The first-order valence-corrected chi connectivity index (χ1v) is 6.84. The van der Waals surface area contributed by atoms with Gasteiger partial charge in [-0.15, -0.1) is 0 Å². The first-order chi connectivity index (χ1) is 9.54. The van der Waals surface area contributed by atoms with Crippen LogP contribution in [0.25, 0.3) is 0 Å². The van der Waals surface area contributed by atoms with Crippen LogP contribution in [0, 0.1) is 6.92 Å². The second kappa shape index (κ2) is 5.01. The minimum Gasteiger partial charge on any atom is -0.444 e. The zero-order valence-corrected chi connectivity index (χ0v) is 12.1. The van der Waals surface area contributed by atoms with Crippen molar-refractivity contribution in [3.8, 4) is 0 Å². The third kappa shape index (κ3) is 2.35. The fourth-order valence-electron chi connectivity index (χ4n) is 2.26. The van der Waals surface area contributed by atoms with Crippen LogP contribution in [0.2, 0.25) is 0 Å². The Bertz CT molecular complexity index is 641. The molecule has 0 saturated carbocycles. The molecule has 3 rings (SSSR count). The number of aromatic nitrogens is 2. The molecule has 0 N–H and O–H groups in total. The Hall–Kier alpha value is -1.70. The first kappa shape index (κ1) is 13.3. The number of nitrogens with zero attached hydrogens (tertiary/aromatic N) is 3. The van der Waals surface area contributed by atoms with Gasteiger partial charge in [-0.2, -0.15) is 4.98 Å². The number of carbonyl (C=O) groups is 1. The monoisotopic (exact) mass is 343 g/mol. The number of likely N-dealkylation sites (tertiary alicyclic amines) is 1. The lowest BCUT2D eigenvalue weighted by atomic mass is 10.2. The summed E-state index contributed by atoms with van der Waals surface area (Å²) in [4.78, 5) is 17.8. The van der Waals surface area contributed by atoms with Crippen molar-refractivity contribution in [1.82, 2.24) is 15.0 Å². The maximum Gasteiger partial charge on any atom is 0.290 e. The lowest BCUT2D eigenvalue weighted by Gasteiger charge is -2.19. The Balaban J connectivity index is 1.88. The molecule has 0 radical (unpaired) electrons. The maximum atomic E-state index is 13.7. The molecule has 0 spiro atoms. The molecule has 106 valence electrons. The van der Waals surface area contributed by atoms with Crippen LogP contribution < -0.4 is 0 Å². The molecule has 1 amide bonds. The summed E-state index contributed by atoms with van der Waals surface area (Å²) in [5, 5.41) is 3.68. The minimum atomic E-state index is -1.12. The Morgan fingerprint density at radius 1 is 1.55 bits per heavy atom. The lowest BCUT2D eigenvalue weighted by Crippen LogP contribution is -2.31. The second-order valence-electron chi connectivity index (χ2n) is 4.59. The number of carbonyl (C=O) groups excluding carboxylic acids is 1. The smallest absolute Gasteiger partial charge is 0.290 e. The molecule has 2 atom stereocenters. The van der Waals surface area contributed by atoms with E-state index in [0.717, 1.165) is 0 Å². The van der Waals surface area contributed by atoms with Crippen LogP contribution >= 0.6 is 15.9 Å². The highest BCUT2D eigenvalue weighted by molar-refractivity contribution is 9.10. The molecule has 0 aliphatic carbocycles. The average molecular weight is 344 g/mol. The number of rotatable bonds is 2. The third-order valence-electron chi connectivity index (χ3n) is 3.12. The van der Waals surface area contributed by atoms with E-state index in [2.05, 4.69) is 26.1 Å². The first-order valence-electron chi connectivity index (χ1n) is 6.05. The van der Waals surface area contributed by atoms with Gasteiger partial charge in [-0.05, 0) is 35.0 Å². The van der Waals surface area contributed by atoms with Crippen LogP contribution in [0.5, 0.6) is 0 Å². The predicted octanol–water partition coefficient (Wildman–Crippen LogP) is 2.66. The van der Waals surface area contributed by atoms with Crippen LogP contribution in [0.15, 0.2) is 25.7 Å². The molecule has 0 bridgehead atoms. The van der Waals surface area contributed by atoms with Gasteiger partial charge in [0.15, 0.2) is 16.3 Å². The fraction of sp³-hybridized carbons (Fsp3) is 0.417. The van der Waals surface area contributed by atoms with Gasteiger partial charge in [0.1, 0.15) is 12.2 Å². The zero-order valence-electron chi connectivity index (χ0n) is 10.5. The normalized spacial score (nSPS) is 22.4. The second-order valence-corrected chi connectivity index (χ2v) is 5.37. The van der Waals surface area contributed by atoms with E-state index in [1.165, 1.54) is 11.0 Å². The molecule has 0 unspecified atom stereocenters. The SMILES string of the molecule is Cc1noc([C@H]2C[C@@H](F)CN2C(=O)c2ccc(Br)o2)n1. The minimum absolute atomic E-state index is 0.0107. The largest absolute Gasteiger partial charge is 0.444 e. The number of aryl methyl sites for hydroxylation is 1. The highest BCUT2D eigenvalue weighted by atomic mass is 79.9. The van der Waals surface area contributed by atoms with E-state index in [0.29, 0.717) is 10.5 Å². The quantitative estimate of drug-likeness (QED) is 0.838. The van der Waals surface area contributed by atoms with Crippen molar-refractivity contribution < 1.29 is 18.1 Å². The van der Waals surface area contributed by atoms with Crippen LogP contribution in [0.4, 0.5) is 4.39 Å². The third-order valence-corrected chi connectivity index (χ3v) is 3.55. The summed E-state index contributed by atoms with van der Waals surface area (Å²) in [6.07, 6.45) is -0.968. The summed E-state index contributed by atoms with van der Waals surface area (Å²) in [5.41, 5.74) is 0. The molecule has 20 heavy (non-hydrogen) atoms. The van der Waals surface area contributed by atoms with Gasteiger partial charge in [0.2, 0.25) is 5.89 Å². The van der Waals surface area contributed by atoms with E-state index in [1.807, 2.05) is 0 Å². The van der Waals surface area contributed by atoms with Crippen molar-refractivity contribution in [2.45, 2.75) is 25.6 Å². The van der Waals surface area contributed by atoms with Crippen LogP contribution in [-0.2, 0) is 0 Å². The van der Waals surface area contributed by atoms with Gasteiger partial charge in [0.05, 0.1) is 6.54 Å². The molecule has 0 aromatic carbocycles. The van der Waals surface area contributed by atoms with Gasteiger partial charge in [0, 0.05) is 6.42 Å². The number of hydrogen-bond donors (Lipinski definition) is 0. The standard InChI is InChI=1S/C12H11BrFN3O3/c1-6-15-11(20-16-6)8-4-7(14)5-17(8)12(18)9-2-3-10(13)19-9/h2-3,7-8H,4-5H2,1H3/t7-,8-/m1/s1. The molecule has 6 nitrogen and oxygen atoms in total. The molecule has 1 aliphatic rings. The van der Waals surface area contributed by atoms with Crippen molar-refractivity contribution in [3.05, 3.63) is 34.3 Å². The molecule has 8 heteroatoms. The number of amides is 1. The van der Waals surface area contributed by atoms with E-state index < -0.39 is 18.1 Å². The maximum absolute atomic E-state index is 13.7. The highest BCUT2D eigenvalue weighted by Gasteiger charge is 2.40. The van der Waals surface area contributed by atoms with Crippen molar-refractivity contribution in [1.29, 1.82) is 0 Å². The van der Waals surface area contributed by atoms with Gasteiger partial charge < -0.3 is 13.8 Å². The van der Waals surface area contributed by atoms with E-state index in [1.54, 1.807) is 13.0 Å². The zero-order chi connectivity index (χ0) is 14.3. The molecule has 1 fully saturated rings. The molecule has 3 heterocycles. The van der Waals surface area contributed by atoms with Gasteiger partial charge in [-0.1, -0.05) is 5.16 Å². The van der Waals surface area contributed by atoms with Gasteiger partial charge in [-0.25, -0.2) is 4.39 Å². The van der Waals surface area contributed by atoms with Crippen molar-refractivity contribution in [3.63, 3.8) is 0 Å². The Kier molecular flexibility index (Phi) is 3.33. The lowest BCUT2D eigenvalue weighted by molar-refractivity contribution is 0.0670. The Morgan fingerprint density at radius 2 is 2.35 bits per heavy atom. The van der Waals surface area contributed by atoms with E-state index >= 15 is 0 Å². The molecular formula is C12H11BrFN3O3. The molecule has 2 aromatic heterocycles. The number of hydrogen-bond acceptors (Lipinski definition) is 5. The molecular weight excluding hydrogens is 333 g/mol. The summed E-state index contributed by atoms with van der Waals surface area (Å²) in [6.45, 7) is 1.66. The van der Waals surface area contributed by atoms with Gasteiger partial charge in [-0.3, -0.25) is 4.79 Å². The summed E-state index contributed by atoms with van der Waals surface area (Å²) in [6, 6.07) is 2.60. The summed E-state index contributed by atoms with van der Waals surface area (Å²) in [7, 11) is 0. The highest BCUT2D eigenvalue weighted by Crippen LogP contribution is 2.34. The average Bonchev–Trinajstić information content (AvgIpc) is 3.09. The van der Waals surface area contributed by atoms with E-state index in [9.17, 15) is 9.18 Å². The summed E-state index contributed by atoms with van der Waals surface area (Å²) in [5.74, 6) is 0.459. The Labute approximate surface area is 122 Å². The van der Waals surface area contributed by atoms with E-state index in [4.69, 9.17) is 8.94 Å². The van der Waals surface area contributed by atoms with Crippen molar-refractivity contribution >= 4 is 21.8 Å². The number of alkyl halides is 1. The van der Waals surface area contributed by atoms with Crippen molar-refractivity contribution in [2.75, 3.05) is 6.54 Å². The number of halogens is 2. The van der Waals surface area contributed by atoms with Gasteiger partial charge >= 0.3 is 0 Å². The Morgan fingerprint density at radius 3 is 2.95 bits per heavy atom. The van der Waals surface area contributed by atoms with E-state index in [-0.39, 0.29) is 24.6 Å². The van der Waals surface area contributed by atoms with Crippen LogP contribution in [-0.4, -0.2) is 33.7 Å². The molecule has 1 aliphatic heterocycles. The molecule has 2 aromatic rings. The van der Waals surface area contributed by atoms with Gasteiger partial charge in [0.25, 0.3) is 5.91 Å². The summed E-state index contributed by atoms with van der Waals surface area (Å²) < 4.78 is 24.4. The van der Waals surface area contributed by atoms with Crippen LogP contribution in [0.1, 0.15) is 34.7 Å². The number of furan rings is 1. The fourth-order valence-corrected chi connectivity index (χ4v) is 2.57. The topological polar surface area (TPSA) is 72.4 Å². The summed E-state index contributed by atoms with van der Waals surface area (Å²) >= 11 is 3.13. The predicted molar refractivity (Wildman–Crippen MR) is 68.7 cm³/mol. The van der Waals surface area contributed by atoms with Crippen molar-refractivity contribution in [2.24, 2.45) is 0 Å². The van der Waals surface area contributed by atoms with Crippen LogP contribution in [0.3, 0.4) is 0 Å².